The number of aromatic amines is 1. The summed E-state index contributed by atoms with van der Waals surface area (Å²) < 4.78 is 1.38. The van der Waals surface area contributed by atoms with E-state index in [0.29, 0.717) is 28.0 Å². The highest BCUT2D eigenvalue weighted by Crippen LogP contribution is 2.22. The first-order valence-corrected chi connectivity index (χ1v) is 6.18. The first-order chi connectivity index (χ1) is 8.52. The van der Waals surface area contributed by atoms with E-state index < -0.39 is 0 Å². The normalized spacial score (nSPS) is 12.7. The van der Waals surface area contributed by atoms with Crippen molar-refractivity contribution in [3.8, 4) is 5.69 Å². The van der Waals surface area contributed by atoms with Crippen LogP contribution in [0.1, 0.15) is 25.2 Å². The van der Waals surface area contributed by atoms with Crippen molar-refractivity contribution in [3.63, 3.8) is 0 Å². The molecule has 18 heavy (non-hydrogen) atoms. The lowest BCUT2D eigenvalue weighted by atomic mass is 10.2. The molecule has 0 amide bonds. The maximum absolute atomic E-state index is 11.8. The predicted octanol–water partition coefficient (Wildman–Crippen LogP) is 2.28. The highest BCUT2D eigenvalue weighted by molar-refractivity contribution is 6.34. The van der Waals surface area contributed by atoms with Crippen molar-refractivity contribution in [1.29, 1.82) is 0 Å². The standard InChI is InChI=1S/C11H12Cl2N4O/c1-2-9(14)10-15-16-11(18)17(10)8-4-6(12)3-7(13)5-8/h3-5,9H,2,14H2,1H3,(H,16,18)/t9-/m0/s1. The molecule has 0 saturated carbocycles. The second-order valence-electron chi connectivity index (χ2n) is 3.86. The van der Waals surface area contributed by atoms with Gasteiger partial charge in [-0.2, -0.15) is 5.10 Å². The Morgan fingerprint density at radius 1 is 1.39 bits per heavy atom. The van der Waals surface area contributed by atoms with Gasteiger partial charge in [0.05, 0.1) is 11.7 Å². The van der Waals surface area contributed by atoms with Crippen LogP contribution in [0.15, 0.2) is 23.0 Å². The summed E-state index contributed by atoms with van der Waals surface area (Å²) in [5.74, 6) is 0.459. The fourth-order valence-corrected chi connectivity index (χ4v) is 2.17. The second kappa shape index (κ2) is 5.14. The summed E-state index contributed by atoms with van der Waals surface area (Å²) in [7, 11) is 0. The Balaban J connectivity index is 2.63. The molecule has 0 saturated heterocycles. The molecule has 0 aliphatic heterocycles. The first-order valence-electron chi connectivity index (χ1n) is 5.42. The summed E-state index contributed by atoms with van der Waals surface area (Å²) in [5.41, 5.74) is 6.09. The Bertz CT molecular complexity index is 599. The monoisotopic (exact) mass is 286 g/mol. The Labute approximate surface area is 114 Å². The van der Waals surface area contributed by atoms with Crippen molar-refractivity contribution in [1.82, 2.24) is 14.8 Å². The minimum Gasteiger partial charge on any atom is -0.321 e. The molecule has 96 valence electrons. The predicted molar refractivity (Wildman–Crippen MR) is 71.4 cm³/mol. The third kappa shape index (κ3) is 2.43. The molecule has 0 aliphatic rings. The average molecular weight is 287 g/mol. The molecule has 1 aromatic carbocycles. The zero-order valence-corrected chi connectivity index (χ0v) is 11.2. The van der Waals surface area contributed by atoms with Crippen LogP contribution < -0.4 is 11.4 Å². The van der Waals surface area contributed by atoms with Gasteiger partial charge in [-0.05, 0) is 24.6 Å². The molecule has 2 rings (SSSR count). The molecule has 1 heterocycles. The van der Waals surface area contributed by atoms with E-state index in [1.54, 1.807) is 18.2 Å². The van der Waals surface area contributed by atoms with Crippen molar-refractivity contribution >= 4 is 23.2 Å². The van der Waals surface area contributed by atoms with Crippen LogP contribution in [0.5, 0.6) is 0 Å². The Morgan fingerprint density at radius 3 is 2.56 bits per heavy atom. The van der Waals surface area contributed by atoms with Gasteiger partial charge in [-0.25, -0.2) is 14.5 Å². The summed E-state index contributed by atoms with van der Waals surface area (Å²) in [4.78, 5) is 11.8. The van der Waals surface area contributed by atoms with Gasteiger partial charge in [-0.3, -0.25) is 0 Å². The minimum atomic E-state index is -0.368. The SMILES string of the molecule is CC[C@H](N)c1n[nH]c(=O)n1-c1cc(Cl)cc(Cl)c1. The Hall–Kier alpha value is -1.30. The smallest absolute Gasteiger partial charge is 0.321 e. The Kier molecular flexibility index (Phi) is 3.75. The van der Waals surface area contributed by atoms with E-state index >= 15 is 0 Å². The van der Waals surface area contributed by atoms with Crippen LogP contribution in [0.3, 0.4) is 0 Å². The molecule has 1 aromatic heterocycles. The third-order valence-corrected chi connectivity index (χ3v) is 3.01. The van der Waals surface area contributed by atoms with Crippen molar-refractivity contribution in [2.75, 3.05) is 0 Å². The van der Waals surface area contributed by atoms with Gasteiger partial charge >= 0.3 is 5.69 Å². The minimum absolute atomic E-state index is 0.332. The summed E-state index contributed by atoms with van der Waals surface area (Å²) in [6.45, 7) is 1.92. The van der Waals surface area contributed by atoms with Gasteiger partial charge < -0.3 is 5.73 Å². The van der Waals surface area contributed by atoms with Crippen LogP contribution in [-0.2, 0) is 0 Å². The molecule has 3 N–H and O–H groups in total. The van der Waals surface area contributed by atoms with Crippen LogP contribution in [0.25, 0.3) is 5.69 Å². The summed E-state index contributed by atoms with van der Waals surface area (Å²) >= 11 is 11.8. The van der Waals surface area contributed by atoms with Gasteiger partial charge in [-0.15, -0.1) is 0 Å². The zero-order valence-electron chi connectivity index (χ0n) is 9.65. The molecule has 0 radical (unpaired) electrons. The van der Waals surface area contributed by atoms with Gasteiger partial charge in [0.25, 0.3) is 0 Å². The lowest BCUT2D eigenvalue weighted by Gasteiger charge is -2.10. The molecular formula is C11H12Cl2N4O. The number of aromatic nitrogens is 3. The van der Waals surface area contributed by atoms with E-state index in [4.69, 9.17) is 28.9 Å². The number of nitrogens with zero attached hydrogens (tertiary/aromatic N) is 2. The van der Waals surface area contributed by atoms with E-state index in [2.05, 4.69) is 10.2 Å². The van der Waals surface area contributed by atoms with Crippen molar-refractivity contribution in [3.05, 3.63) is 44.6 Å². The molecule has 0 aliphatic carbocycles. The Morgan fingerprint density at radius 2 is 2.00 bits per heavy atom. The lowest BCUT2D eigenvalue weighted by Crippen LogP contribution is -2.21. The number of benzene rings is 1. The van der Waals surface area contributed by atoms with Gasteiger partial charge in [0.2, 0.25) is 0 Å². The number of halogens is 2. The van der Waals surface area contributed by atoms with Crippen molar-refractivity contribution in [2.45, 2.75) is 19.4 Å². The number of nitrogens with two attached hydrogens (primary N) is 1. The van der Waals surface area contributed by atoms with E-state index in [1.165, 1.54) is 4.57 Å². The molecule has 1 atom stereocenters. The number of hydrogen-bond acceptors (Lipinski definition) is 3. The molecule has 0 spiro atoms. The second-order valence-corrected chi connectivity index (χ2v) is 4.74. The maximum atomic E-state index is 11.8. The molecule has 2 aromatic rings. The van der Waals surface area contributed by atoms with Gasteiger partial charge in [0, 0.05) is 10.0 Å². The van der Waals surface area contributed by atoms with Gasteiger partial charge in [0.15, 0.2) is 5.82 Å². The van der Waals surface area contributed by atoms with Crippen LogP contribution in [0.2, 0.25) is 10.0 Å². The maximum Gasteiger partial charge on any atom is 0.347 e. The molecule has 0 bridgehead atoms. The van der Waals surface area contributed by atoms with Crippen LogP contribution in [-0.4, -0.2) is 14.8 Å². The average Bonchev–Trinajstić information content (AvgIpc) is 2.69. The van der Waals surface area contributed by atoms with Gasteiger partial charge in [0.1, 0.15) is 0 Å². The van der Waals surface area contributed by atoms with Crippen LogP contribution in [0, 0.1) is 0 Å². The fraction of sp³-hybridized carbons (Fsp3) is 0.273. The highest BCUT2D eigenvalue weighted by Gasteiger charge is 2.16. The summed E-state index contributed by atoms with van der Waals surface area (Å²) in [6, 6.07) is 4.53. The number of nitrogens with one attached hydrogen (secondary N) is 1. The third-order valence-electron chi connectivity index (χ3n) is 2.58. The summed E-state index contributed by atoms with van der Waals surface area (Å²) in [5, 5.41) is 7.21. The van der Waals surface area contributed by atoms with E-state index in [1.807, 2.05) is 6.92 Å². The molecule has 0 unspecified atom stereocenters. The molecular weight excluding hydrogens is 275 g/mol. The number of rotatable bonds is 3. The lowest BCUT2D eigenvalue weighted by molar-refractivity contribution is 0.631. The largest absolute Gasteiger partial charge is 0.347 e. The topological polar surface area (TPSA) is 76.7 Å². The van der Waals surface area contributed by atoms with Gasteiger partial charge in [-0.1, -0.05) is 30.1 Å². The highest BCUT2D eigenvalue weighted by atomic mass is 35.5. The molecule has 0 fully saturated rings. The van der Waals surface area contributed by atoms with Crippen molar-refractivity contribution < 1.29 is 0 Å². The number of hydrogen-bond donors (Lipinski definition) is 2. The zero-order chi connectivity index (χ0) is 13.3. The number of H-pyrrole nitrogens is 1. The van der Waals surface area contributed by atoms with Crippen LogP contribution in [0.4, 0.5) is 0 Å². The van der Waals surface area contributed by atoms with Crippen molar-refractivity contribution in [2.24, 2.45) is 5.73 Å². The van der Waals surface area contributed by atoms with E-state index in [0.717, 1.165) is 0 Å². The fourth-order valence-electron chi connectivity index (χ4n) is 1.66. The van der Waals surface area contributed by atoms with E-state index in [9.17, 15) is 4.79 Å². The van der Waals surface area contributed by atoms with Crippen LogP contribution >= 0.6 is 23.2 Å². The molecule has 5 nitrogen and oxygen atoms in total. The first kappa shape index (κ1) is 13.1. The quantitative estimate of drug-likeness (QED) is 0.909. The van der Waals surface area contributed by atoms with E-state index in [-0.39, 0.29) is 11.7 Å². The molecule has 7 heteroatoms. The summed E-state index contributed by atoms with van der Waals surface area (Å²) in [6.07, 6.45) is 0.665.